The molecule has 0 N–H and O–H groups in total. The maximum atomic E-state index is 5.86. The highest BCUT2D eigenvalue weighted by Gasteiger charge is 2.23. The first-order chi connectivity index (χ1) is 9.63. The fourth-order valence-electron chi connectivity index (χ4n) is 2.99. The number of alkyl halides is 1. The molecule has 0 radical (unpaired) electrons. The van der Waals surface area contributed by atoms with Gasteiger partial charge in [0.2, 0.25) is 0 Å². The molecular weight excluding hydrogens is 290 g/mol. The Morgan fingerprint density at radius 1 is 1.50 bits per heavy atom. The summed E-state index contributed by atoms with van der Waals surface area (Å²) in [5.74, 6) is 1.35. The fraction of sp³-hybridized carbons (Fsp3) is 0.800. The minimum atomic E-state index is 0.441. The zero-order chi connectivity index (χ0) is 14.5. The Hall–Kier alpha value is -0.160. The van der Waals surface area contributed by atoms with Gasteiger partial charge in [-0.2, -0.15) is 0 Å². The third-order valence-electron chi connectivity index (χ3n) is 4.29. The molecule has 1 unspecified atom stereocenters. The number of aromatic nitrogens is 1. The van der Waals surface area contributed by atoms with Crippen molar-refractivity contribution in [3.63, 3.8) is 0 Å². The highest BCUT2D eigenvalue weighted by Crippen LogP contribution is 2.28. The molecule has 3 nitrogen and oxygen atoms in total. The summed E-state index contributed by atoms with van der Waals surface area (Å²) in [6.45, 7) is 5.91. The van der Waals surface area contributed by atoms with Crippen LogP contribution in [0.4, 0.5) is 0 Å². The zero-order valence-corrected chi connectivity index (χ0v) is 14.4. The van der Waals surface area contributed by atoms with Crippen LogP contribution < -0.4 is 0 Å². The molecule has 1 aliphatic heterocycles. The first kappa shape index (κ1) is 16.2. The van der Waals surface area contributed by atoms with Crippen LogP contribution in [0.25, 0.3) is 0 Å². The van der Waals surface area contributed by atoms with E-state index in [1.54, 1.807) is 11.3 Å². The highest BCUT2D eigenvalue weighted by molar-refractivity contribution is 7.09. The SMILES string of the molecule is CCC(c1nc(CCl)cs1)N(C)CC1CCN(C)CC1. The molecule has 1 aromatic heterocycles. The Kier molecular flexibility index (Phi) is 6.27. The van der Waals surface area contributed by atoms with Gasteiger partial charge in [0.05, 0.1) is 17.6 Å². The minimum Gasteiger partial charge on any atom is -0.306 e. The quantitative estimate of drug-likeness (QED) is 0.748. The van der Waals surface area contributed by atoms with E-state index in [0.717, 1.165) is 18.0 Å². The summed E-state index contributed by atoms with van der Waals surface area (Å²) in [6.07, 6.45) is 3.75. The smallest absolute Gasteiger partial charge is 0.110 e. The van der Waals surface area contributed by atoms with Crippen molar-refractivity contribution >= 4 is 22.9 Å². The summed E-state index contributed by atoms with van der Waals surface area (Å²) in [5, 5.41) is 3.31. The molecule has 0 aromatic carbocycles. The van der Waals surface area contributed by atoms with Crippen LogP contribution in [0.3, 0.4) is 0 Å². The van der Waals surface area contributed by atoms with E-state index in [1.165, 1.54) is 37.5 Å². The van der Waals surface area contributed by atoms with Gasteiger partial charge in [0.25, 0.3) is 0 Å². The number of thiazole rings is 1. The van der Waals surface area contributed by atoms with E-state index >= 15 is 0 Å². The standard InChI is InChI=1S/C15H26ClN3S/c1-4-14(15-17-13(9-16)11-20-15)19(3)10-12-5-7-18(2)8-6-12/h11-12,14H,4-10H2,1-3H3. The van der Waals surface area contributed by atoms with Crippen molar-refractivity contribution in [2.75, 3.05) is 33.7 Å². The molecule has 1 aromatic rings. The van der Waals surface area contributed by atoms with Gasteiger partial charge in [0.15, 0.2) is 0 Å². The van der Waals surface area contributed by atoms with Gasteiger partial charge in [0.1, 0.15) is 5.01 Å². The molecule has 0 aliphatic carbocycles. The number of halogens is 1. The average Bonchev–Trinajstić information content (AvgIpc) is 2.91. The van der Waals surface area contributed by atoms with Gasteiger partial charge in [-0.3, -0.25) is 4.90 Å². The van der Waals surface area contributed by atoms with Crippen LogP contribution in [-0.4, -0.2) is 48.5 Å². The number of hydrogen-bond donors (Lipinski definition) is 0. The van der Waals surface area contributed by atoms with Gasteiger partial charge in [-0.25, -0.2) is 4.98 Å². The summed E-state index contributed by atoms with van der Waals surface area (Å²) in [5.41, 5.74) is 1.01. The Morgan fingerprint density at radius 2 is 2.20 bits per heavy atom. The Balaban J connectivity index is 1.93. The Bertz CT molecular complexity index is 402. The molecule has 0 saturated carbocycles. The van der Waals surface area contributed by atoms with Crippen molar-refractivity contribution < 1.29 is 0 Å². The molecule has 1 fully saturated rings. The van der Waals surface area contributed by atoms with E-state index < -0.39 is 0 Å². The van der Waals surface area contributed by atoms with E-state index in [1.807, 2.05) is 0 Å². The third kappa shape index (κ3) is 4.17. The lowest BCUT2D eigenvalue weighted by molar-refractivity contribution is 0.147. The topological polar surface area (TPSA) is 19.4 Å². The average molecular weight is 316 g/mol. The molecular formula is C15H26ClN3S. The number of nitrogens with zero attached hydrogens (tertiary/aromatic N) is 3. The summed E-state index contributed by atoms with van der Waals surface area (Å²) in [7, 11) is 4.46. The first-order valence-electron chi connectivity index (χ1n) is 7.53. The van der Waals surface area contributed by atoms with Crippen LogP contribution >= 0.6 is 22.9 Å². The Morgan fingerprint density at radius 3 is 2.75 bits per heavy atom. The van der Waals surface area contributed by atoms with E-state index in [0.29, 0.717) is 11.9 Å². The van der Waals surface area contributed by atoms with Crippen molar-refractivity contribution in [3.8, 4) is 0 Å². The van der Waals surface area contributed by atoms with Gasteiger partial charge in [-0.1, -0.05) is 6.92 Å². The normalized spacial score (nSPS) is 19.6. The fourth-order valence-corrected chi connectivity index (χ4v) is 4.29. The summed E-state index contributed by atoms with van der Waals surface area (Å²) in [4.78, 5) is 9.59. The van der Waals surface area contributed by atoms with Crippen LogP contribution in [0, 0.1) is 5.92 Å². The minimum absolute atomic E-state index is 0.441. The molecule has 2 rings (SSSR count). The highest BCUT2D eigenvalue weighted by atomic mass is 35.5. The summed E-state index contributed by atoms with van der Waals surface area (Å²) >= 11 is 7.62. The summed E-state index contributed by atoms with van der Waals surface area (Å²) < 4.78 is 0. The lowest BCUT2D eigenvalue weighted by Crippen LogP contribution is -2.37. The lowest BCUT2D eigenvalue weighted by Gasteiger charge is -2.34. The predicted octanol–water partition coefficient (Wildman–Crippen LogP) is 3.61. The van der Waals surface area contributed by atoms with Gasteiger partial charge < -0.3 is 4.90 Å². The maximum Gasteiger partial charge on any atom is 0.110 e. The van der Waals surface area contributed by atoms with Gasteiger partial charge in [-0.15, -0.1) is 22.9 Å². The van der Waals surface area contributed by atoms with Crippen LogP contribution in [0.5, 0.6) is 0 Å². The number of rotatable bonds is 6. The van der Waals surface area contributed by atoms with E-state index in [2.05, 4.69) is 41.2 Å². The van der Waals surface area contributed by atoms with Crippen LogP contribution in [0.2, 0.25) is 0 Å². The largest absolute Gasteiger partial charge is 0.306 e. The second-order valence-corrected chi connectivity index (χ2v) is 7.08. The zero-order valence-electron chi connectivity index (χ0n) is 12.8. The molecule has 5 heteroatoms. The molecule has 0 bridgehead atoms. The molecule has 0 spiro atoms. The third-order valence-corrected chi connectivity index (χ3v) is 5.56. The van der Waals surface area contributed by atoms with Crippen molar-refractivity contribution in [3.05, 3.63) is 16.1 Å². The number of likely N-dealkylation sites (tertiary alicyclic amines) is 1. The number of piperidine rings is 1. The molecule has 20 heavy (non-hydrogen) atoms. The van der Waals surface area contributed by atoms with Gasteiger partial charge in [-0.05, 0) is 52.4 Å². The van der Waals surface area contributed by atoms with Crippen LogP contribution in [0.15, 0.2) is 5.38 Å². The molecule has 114 valence electrons. The van der Waals surface area contributed by atoms with E-state index in [9.17, 15) is 0 Å². The van der Waals surface area contributed by atoms with Gasteiger partial charge >= 0.3 is 0 Å². The predicted molar refractivity (Wildman–Crippen MR) is 87.6 cm³/mol. The summed E-state index contributed by atoms with van der Waals surface area (Å²) in [6, 6.07) is 0.441. The van der Waals surface area contributed by atoms with Crippen molar-refractivity contribution in [2.24, 2.45) is 5.92 Å². The second kappa shape index (κ2) is 7.74. The van der Waals surface area contributed by atoms with Gasteiger partial charge in [0, 0.05) is 11.9 Å². The monoisotopic (exact) mass is 315 g/mol. The maximum absolute atomic E-state index is 5.86. The van der Waals surface area contributed by atoms with Crippen LogP contribution in [0.1, 0.15) is 42.9 Å². The second-order valence-electron chi connectivity index (χ2n) is 5.92. The Labute approximate surface area is 131 Å². The van der Waals surface area contributed by atoms with E-state index in [-0.39, 0.29) is 0 Å². The molecule has 1 aliphatic rings. The lowest BCUT2D eigenvalue weighted by atomic mass is 9.96. The molecule has 2 heterocycles. The molecule has 1 saturated heterocycles. The van der Waals surface area contributed by atoms with Crippen molar-refractivity contribution in [2.45, 2.75) is 38.1 Å². The van der Waals surface area contributed by atoms with E-state index in [4.69, 9.17) is 11.6 Å². The molecule has 0 amide bonds. The van der Waals surface area contributed by atoms with Crippen LogP contribution in [-0.2, 0) is 5.88 Å². The first-order valence-corrected chi connectivity index (χ1v) is 8.94. The van der Waals surface area contributed by atoms with Crippen molar-refractivity contribution in [1.29, 1.82) is 0 Å². The molecule has 1 atom stereocenters. The van der Waals surface area contributed by atoms with Crippen molar-refractivity contribution in [1.82, 2.24) is 14.8 Å². The number of hydrogen-bond acceptors (Lipinski definition) is 4.